The molecule has 0 unspecified atom stereocenters. The van der Waals surface area contributed by atoms with Crippen molar-refractivity contribution < 1.29 is 22.6 Å². The average molecular weight is 354 g/mol. The Hall–Kier alpha value is -2.32. The van der Waals surface area contributed by atoms with Crippen molar-refractivity contribution in [1.82, 2.24) is 20.6 Å². The van der Waals surface area contributed by atoms with Crippen molar-refractivity contribution in [2.24, 2.45) is 0 Å². The van der Waals surface area contributed by atoms with Gasteiger partial charge in [0, 0.05) is 24.3 Å². The lowest BCUT2D eigenvalue weighted by molar-refractivity contribution is -0.120. The van der Waals surface area contributed by atoms with Gasteiger partial charge in [-0.3, -0.25) is 4.79 Å². The Morgan fingerprint density at radius 3 is 2.60 bits per heavy atom. The molecular formula is C16H20F2N4O3. The van der Waals surface area contributed by atoms with Crippen molar-refractivity contribution in [2.45, 2.75) is 64.3 Å². The topological polar surface area (TPSA) is 94.1 Å². The first-order valence-corrected chi connectivity index (χ1v) is 8.23. The molecule has 2 aromatic rings. The van der Waals surface area contributed by atoms with Crippen LogP contribution < -0.4 is 5.32 Å². The number of halogens is 2. The Morgan fingerprint density at radius 2 is 1.96 bits per heavy atom. The van der Waals surface area contributed by atoms with E-state index in [0.29, 0.717) is 30.1 Å². The lowest BCUT2D eigenvalue weighted by Crippen LogP contribution is -2.25. The van der Waals surface area contributed by atoms with E-state index in [4.69, 9.17) is 9.05 Å². The maximum absolute atomic E-state index is 13.2. The van der Waals surface area contributed by atoms with Crippen LogP contribution in [0.15, 0.2) is 9.05 Å². The van der Waals surface area contributed by atoms with Gasteiger partial charge < -0.3 is 14.4 Å². The Morgan fingerprint density at radius 1 is 1.24 bits per heavy atom. The largest absolute Gasteiger partial charge is 0.361 e. The van der Waals surface area contributed by atoms with Crippen molar-refractivity contribution in [3.63, 3.8) is 0 Å². The van der Waals surface area contributed by atoms with Crippen LogP contribution in [0.3, 0.4) is 0 Å². The first-order chi connectivity index (χ1) is 11.8. The summed E-state index contributed by atoms with van der Waals surface area (Å²) in [5.74, 6) is -1.61. The quantitative estimate of drug-likeness (QED) is 0.887. The van der Waals surface area contributed by atoms with Crippen molar-refractivity contribution in [2.75, 3.05) is 0 Å². The second-order valence-electron chi connectivity index (χ2n) is 6.43. The molecule has 0 spiro atoms. The molecule has 1 amide bonds. The van der Waals surface area contributed by atoms with Crippen LogP contribution in [-0.4, -0.2) is 27.1 Å². The number of nitrogens with one attached hydrogen (secondary N) is 1. The second-order valence-corrected chi connectivity index (χ2v) is 6.43. The van der Waals surface area contributed by atoms with Crippen LogP contribution in [0, 0.1) is 13.8 Å². The summed E-state index contributed by atoms with van der Waals surface area (Å²) < 4.78 is 36.5. The molecule has 25 heavy (non-hydrogen) atoms. The molecule has 9 heteroatoms. The fourth-order valence-electron chi connectivity index (χ4n) is 2.96. The first kappa shape index (κ1) is 17.5. The molecule has 0 saturated heterocycles. The zero-order valence-corrected chi connectivity index (χ0v) is 14.1. The zero-order chi connectivity index (χ0) is 18.0. The van der Waals surface area contributed by atoms with E-state index < -0.39 is 5.92 Å². The summed E-state index contributed by atoms with van der Waals surface area (Å²) in [6.45, 7) is 3.62. The number of carbonyl (C=O) groups is 1. The molecule has 2 aromatic heterocycles. The third-order valence-corrected chi connectivity index (χ3v) is 4.52. The molecule has 0 aliphatic heterocycles. The summed E-state index contributed by atoms with van der Waals surface area (Å²) >= 11 is 0. The van der Waals surface area contributed by atoms with Crippen LogP contribution >= 0.6 is 0 Å². The van der Waals surface area contributed by atoms with E-state index in [0.717, 1.165) is 5.56 Å². The number of hydrogen-bond donors (Lipinski definition) is 1. The van der Waals surface area contributed by atoms with E-state index in [1.807, 2.05) is 0 Å². The van der Waals surface area contributed by atoms with E-state index in [-0.39, 0.29) is 43.5 Å². The Bertz CT molecular complexity index is 727. The number of carbonyl (C=O) groups excluding carboxylic acids is 1. The molecule has 1 N–H and O–H groups in total. The highest BCUT2D eigenvalue weighted by molar-refractivity contribution is 5.78. The van der Waals surface area contributed by atoms with Crippen LogP contribution in [0.1, 0.15) is 60.3 Å². The fraction of sp³-hybridized carbons (Fsp3) is 0.625. The van der Waals surface area contributed by atoms with Crippen LogP contribution in [0.25, 0.3) is 0 Å². The van der Waals surface area contributed by atoms with E-state index in [1.165, 1.54) is 0 Å². The summed E-state index contributed by atoms with van der Waals surface area (Å²) in [5.41, 5.74) is 1.44. The molecule has 1 saturated carbocycles. The van der Waals surface area contributed by atoms with Gasteiger partial charge >= 0.3 is 0 Å². The minimum Gasteiger partial charge on any atom is -0.361 e. The van der Waals surface area contributed by atoms with Crippen molar-refractivity contribution in [3.05, 3.63) is 28.7 Å². The zero-order valence-electron chi connectivity index (χ0n) is 14.1. The monoisotopic (exact) mass is 354 g/mol. The van der Waals surface area contributed by atoms with Crippen molar-refractivity contribution >= 4 is 5.91 Å². The molecule has 2 heterocycles. The summed E-state index contributed by atoms with van der Waals surface area (Å²) in [4.78, 5) is 16.2. The number of hydrogen-bond acceptors (Lipinski definition) is 6. The highest BCUT2D eigenvalue weighted by Gasteiger charge is 2.36. The highest BCUT2D eigenvalue weighted by atomic mass is 19.3. The Balaban J connectivity index is 1.51. The molecular weight excluding hydrogens is 334 g/mol. The van der Waals surface area contributed by atoms with Gasteiger partial charge in [0.25, 0.3) is 0 Å². The predicted octanol–water partition coefficient (Wildman–Crippen LogP) is 2.83. The minimum absolute atomic E-state index is 0.0953. The molecule has 136 valence electrons. The summed E-state index contributed by atoms with van der Waals surface area (Å²) in [6.07, 6.45) is 0.514. The van der Waals surface area contributed by atoms with Gasteiger partial charge in [-0.25, -0.2) is 8.78 Å². The number of rotatable bonds is 5. The predicted molar refractivity (Wildman–Crippen MR) is 82.0 cm³/mol. The Labute approximate surface area is 143 Å². The molecule has 1 aliphatic carbocycles. The van der Waals surface area contributed by atoms with Gasteiger partial charge in [-0.05, 0) is 26.7 Å². The number of alkyl halides is 2. The molecule has 1 fully saturated rings. The Kier molecular flexibility index (Phi) is 4.82. The van der Waals surface area contributed by atoms with Gasteiger partial charge in [0.05, 0.1) is 18.7 Å². The summed E-state index contributed by atoms with van der Waals surface area (Å²) in [7, 11) is 0. The lowest BCUT2D eigenvalue weighted by Gasteiger charge is -2.26. The minimum atomic E-state index is -2.59. The van der Waals surface area contributed by atoms with Crippen LogP contribution in [-0.2, 0) is 17.8 Å². The molecule has 7 nitrogen and oxygen atoms in total. The van der Waals surface area contributed by atoms with Gasteiger partial charge in [0.1, 0.15) is 5.76 Å². The average Bonchev–Trinajstić information content (AvgIpc) is 3.15. The van der Waals surface area contributed by atoms with E-state index >= 15 is 0 Å². The normalized spacial score (nSPS) is 17.6. The summed E-state index contributed by atoms with van der Waals surface area (Å²) in [6, 6.07) is 0. The van der Waals surface area contributed by atoms with Gasteiger partial charge in [-0.1, -0.05) is 10.3 Å². The number of aromatic nitrogens is 3. The third-order valence-electron chi connectivity index (χ3n) is 4.52. The molecule has 3 rings (SSSR count). The van der Waals surface area contributed by atoms with Crippen LogP contribution in [0.2, 0.25) is 0 Å². The van der Waals surface area contributed by atoms with Gasteiger partial charge in [-0.15, -0.1) is 0 Å². The molecule has 0 radical (unpaired) electrons. The van der Waals surface area contributed by atoms with Crippen LogP contribution in [0.5, 0.6) is 0 Å². The number of amides is 1. The second kappa shape index (κ2) is 6.89. The van der Waals surface area contributed by atoms with Gasteiger partial charge in [-0.2, -0.15) is 4.98 Å². The maximum atomic E-state index is 13.2. The fourth-order valence-corrected chi connectivity index (χ4v) is 2.96. The lowest BCUT2D eigenvalue weighted by atomic mass is 9.86. The van der Waals surface area contributed by atoms with Crippen LogP contribution in [0.4, 0.5) is 8.78 Å². The molecule has 0 atom stereocenters. The van der Waals surface area contributed by atoms with E-state index in [9.17, 15) is 13.6 Å². The molecule has 0 aromatic carbocycles. The van der Waals surface area contributed by atoms with Crippen molar-refractivity contribution in [3.8, 4) is 0 Å². The summed E-state index contributed by atoms with van der Waals surface area (Å²) in [5, 5.41) is 10.4. The van der Waals surface area contributed by atoms with Gasteiger partial charge in [0.2, 0.25) is 17.7 Å². The SMILES string of the molecule is Cc1noc(C)c1CC(=O)NCc1nc(C2CCC(F)(F)CC2)no1. The first-order valence-electron chi connectivity index (χ1n) is 8.23. The number of aryl methyl sites for hydroxylation is 2. The highest BCUT2D eigenvalue weighted by Crippen LogP contribution is 2.39. The third kappa shape index (κ3) is 4.21. The van der Waals surface area contributed by atoms with Gasteiger partial charge in [0.15, 0.2) is 5.82 Å². The van der Waals surface area contributed by atoms with E-state index in [1.54, 1.807) is 13.8 Å². The number of nitrogens with zero attached hydrogens (tertiary/aromatic N) is 3. The molecule has 0 bridgehead atoms. The van der Waals surface area contributed by atoms with E-state index in [2.05, 4.69) is 20.6 Å². The standard InChI is InChI=1S/C16H20F2N4O3/c1-9-12(10(2)24-21-9)7-13(23)19-8-14-20-15(22-25-14)11-3-5-16(17,18)6-4-11/h11H,3-8H2,1-2H3,(H,19,23). The maximum Gasteiger partial charge on any atom is 0.248 e. The molecule has 1 aliphatic rings. The van der Waals surface area contributed by atoms with Crippen molar-refractivity contribution in [1.29, 1.82) is 0 Å². The smallest absolute Gasteiger partial charge is 0.248 e.